The van der Waals surface area contributed by atoms with Crippen molar-refractivity contribution in [1.82, 2.24) is 5.06 Å². The third-order valence-corrected chi connectivity index (χ3v) is 3.85. The fourth-order valence-electron chi connectivity index (χ4n) is 2.52. The number of rotatable bonds is 4. The van der Waals surface area contributed by atoms with Crippen molar-refractivity contribution in [2.45, 2.75) is 6.54 Å². The quantitative estimate of drug-likeness (QED) is 0.566. The summed E-state index contributed by atoms with van der Waals surface area (Å²) >= 11 is 0. The van der Waals surface area contributed by atoms with Crippen LogP contribution in [0, 0.1) is 5.82 Å². The van der Waals surface area contributed by atoms with Gasteiger partial charge >= 0.3 is 0 Å². The lowest BCUT2D eigenvalue weighted by atomic mass is 10.0. The van der Waals surface area contributed by atoms with Crippen molar-refractivity contribution in [3.63, 3.8) is 0 Å². The van der Waals surface area contributed by atoms with Crippen LogP contribution >= 0.6 is 0 Å². The zero-order valence-electron chi connectivity index (χ0n) is 13.1. The van der Waals surface area contributed by atoms with Crippen LogP contribution in [0.2, 0.25) is 0 Å². The number of carbonyl (C=O) groups is 2. The number of hydrogen-bond donors (Lipinski definition) is 2. The minimum atomic E-state index is -0.601. The van der Waals surface area contributed by atoms with E-state index in [0.717, 1.165) is 5.39 Å². The maximum absolute atomic E-state index is 12.9. The molecule has 0 atom stereocenters. The molecule has 0 radical (unpaired) electrons. The lowest BCUT2D eigenvalue weighted by Gasteiger charge is -2.15. The number of halogens is 1. The molecule has 126 valence electrons. The van der Waals surface area contributed by atoms with Gasteiger partial charge in [-0.25, -0.2) is 9.45 Å². The molecule has 0 unspecified atom stereocenters. The summed E-state index contributed by atoms with van der Waals surface area (Å²) in [7, 11) is 0. The Kier molecular flexibility index (Phi) is 4.45. The third-order valence-electron chi connectivity index (χ3n) is 3.85. The van der Waals surface area contributed by atoms with Crippen LogP contribution in [0.4, 0.5) is 4.39 Å². The average molecular weight is 338 g/mol. The van der Waals surface area contributed by atoms with Crippen molar-refractivity contribution in [2.75, 3.05) is 0 Å². The fourth-order valence-corrected chi connectivity index (χ4v) is 2.52. The van der Waals surface area contributed by atoms with Gasteiger partial charge in [0.2, 0.25) is 5.91 Å². The van der Waals surface area contributed by atoms with Crippen LogP contribution in [0.1, 0.15) is 26.3 Å². The second-order valence-electron chi connectivity index (χ2n) is 5.63. The lowest BCUT2D eigenvalue weighted by molar-refractivity contribution is -0.0648. The molecule has 0 aliphatic rings. The highest BCUT2D eigenvalue weighted by molar-refractivity contribution is 6.01. The predicted molar refractivity (Wildman–Crippen MR) is 90.5 cm³/mol. The number of benzene rings is 3. The number of hydrogen-bond acceptors (Lipinski definition) is 3. The Morgan fingerprint density at radius 3 is 2.16 bits per heavy atom. The summed E-state index contributed by atoms with van der Waals surface area (Å²) in [6.45, 7) is -0.0710. The zero-order chi connectivity index (χ0) is 18.0. The lowest BCUT2D eigenvalue weighted by Crippen LogP contribution is -2.26. The van der Waals surface area contributed by atoms with E-state index in [9.17, 15) is 19.2 Å². The molecule has 6 heteroatoms. The summed E-state index contributed by atoms with van der Waals surface area (Å²) in [4.78, 5) is 23.7. The van der Waals surface area contributed by atoms with E-state index in [2.05, 4.69) is 0 Å². The Balaban J connectivity index is 1.85. The highest BCUT2D eigenvalue weighted by atomic mass is 19.1. The monoisotopic (exact) mass is 338 g/mol. The first-order chi connectivity index (χ1) is 11.9. The molecule has 3 aromatic carbocycles. The van der Waals surface area contributed by atoms with Gasteiger partial charge in [-0.15, -0.1) is 0 Å². The topological polar surface area (TPSA) is 83.6 Å². The highest BCUT2D eigenvalue weighted by Gasteiger charge is 2.15. The molecule has 0 fully saturated rings. The van der Waals surface area contributed by atoms with Gasteiger partial charge in [-0.05, 0) is 52.7 Å². The maximum atomic E-state index is 12.9. The molecule has 0 heterocycles. The molecule has 0 aromatic heterocycles. The van der Waals surface area contributed by atoms with Crippen LogP contribution in [-0.2, 0) is 6.54 Å². The summed E-state index contributed by atoms with van der Waals surface area (Å²) in [6, 6.07) is 15.3. The van der Waals surface area contributed by atoms with Crippen LogP contribution in [0.5, 0.6) is 0 Å². The van der Waals surface area contributed by atoms with E-state index in [4.69, 9.17) is 5.73 Å². The van der Waals surface area contributed by atoms with Crippen LogP contribution in [-0.4, -0.2) is 22.1 Å². The molecule has 3 N–H and O–H groups in total. The van der Waals surface area contributed by atoms with Crippen molar-refractivity contribution in [1.29, 1.82) is 0 Å². The summed E-state index contributed by atoms with van der Waals surface area (Å²) in [5.74, 6) is -1.55. The maximum Gasteiger partial charge on any atom is 0.277 e. The molecule has 0 saturated heterocycles. The summed E-state index contributed by atoms with van der Waals surface area (Å²) in [5.41, 5.74) is 6.46. The first-order valence-electron chi connectivity index (χ1n) is 7.53. The third kappa shape index (κ3) is 3.64. The standard InChI is InChI=1S/C19H15FN2O3/c20-17-7-1-12(2-8-17)11-22(25)19(24)15-6-4-13-3-5-14(18(21)23)9-16(13)10-15/h1-10,25H,11H2,(H2,21,23). The van der Waals surface area contributed by atoms with Crippen LogP contribution in [0.15, 0.2) is 60.7 Å². The van der Waals surface area contributed by atoms with E-state index in [0.29, 0.717) is 21.6 Å². The Labute approximate surface area is 143 Å². The van der Waals surface area contributed by atoms with E-state index >= 15 is 0 Å². The summed E-state index contributed by atoms with van der Waals surface area (Å²) in [6.07, 6.45) is 0. The smallest absolute Gasteiger partial charge is 0.277 e. The normalized spacial score (nSPS) is 10.6. The van der Waals surface area contributed by atoms with Gasteiger partial charge in [0.15, 0.2) is 0 Å². The molecule has 2 amide bonds. The number of nitrogens with zero attached hydrogens (tertiary/aromatic N) is 1. The molecule has 0 spiro atoms. The van der Waals surface area contributed by atoms with E-state index in [1.54, 1.807) is 36.4 Å². The molecular weight excluding hydrogens is 323 g/mol. The number of nitrogens with two attached hydrogens (primary N) is 1. The van der Waals surface area contributed by atoms with Gasteiger partial charge in [-0.3, -0.25) is 14.8 Å². The number of fused-ring (bicyclic) bond motifs is 1. The first kappa shape index (κ1) is 16.6. The number of amides is 2. The van der Waals surface area contributed by atoms with Gasteiger partial charge < -0.3 is 5.73 Å². The molecule has 25 heavy (non-hydrogen) atoms. The molecule has 3 aromatic rings. The van der Waals surface area contributed by atoms with Gasteiger partial charge in [0.1, 0.15) is 5.82 Å². The number of primary amides is 1. The predicted octanol–water partition coefficient (Wildman–Crippen LogP) is 3.11. The minimum absolute atomic E-state index is 0.0710. The van der Waals surface area contributed by atoms with Crippen molar-refractivity contribution in [2.24, 2.45) is 5.73 Å². The second-order valence-corrected chi connectivity index (χ2v) is 5.63. The second kappa shape index (κ2) is 6.70. The number of carbonyl (C=O) groups excluding carboxylic acids is 2. The SMILES string of the molecule is NC(=O)c1ccc2ccc(C(=O)N(O)Cc3ccc(F)cc3)cc2c1. The summed E-state index contributed by atoms with van der Waals surface area (Å²) < 4.78 is 12.9. The zero-order valence-corrected chi connectivity index (χ0v) is 13.1. The minimum Gasteiger partial charge on any atom is -0.366 e. The van der Waals surface area contributed by atoms with E-state index in [1.807, 2.05) is 0 Å². The van der Waals surface area contributed by atoms with Gasteiger partial charge in [0, 0.05) is 11.1 Å². The highest BCUT2D eigenvalue weighted by Crippen LogP contribution is 2.19. The summed E-state index contributed by atoms with van der Waals surface area (Å²) in [5, 5.41) is 12.1. The average Bonchev–Trinajstić information content (AvgIpc) is 2.62. The van der Waals surface area contributed by atoms with Gasteiger partial charge in [0.05, 0.1) is 6.54 Å². The largest absolute Gasteiger partial charge is 0.366 e. The van der Waals surface area contributed by atoms with Crippen molar-refractivity contribution in [3.05, 3.63) is 83.2 Å². The Morgan fingerprint density at radius 2 is 1.52 bits per heavy atom. The molecular formula is C19H15FN2O3. The number of hydroxylamine groups is 2. The Hall–Kier alpha value is -3.25. The van der Waals surface area contributed by atoms with Gasteiger partial charge in [0.25, 0.3) is 5.91 Å². The van der Waals surface area contributed by atoms with Gasteiger partial charge in [-0.2, -0.15) is 0 Å². The van der Waals surface area contributed by atoms with E-state index in [1.165, 1.54) is 24.3 Å². The van der Waals surface area contributed by atoms with Crippen LogP contribution < -0.4 is 5.73 Å². The molecule has 0 aliphatic heterocycles. The molecule has 3 rings (SSSR count). The van der Waals surface area contributed by atoms with Crippen LogP contribution in [0.3, 0.4) is 0 Å². The molecule has 5 nitrogen and oxygen atoms in total. The van der Waals surface area contributed by atoms with Crippen molar-refractivity contribution in [3.8, 4) is 0 Å². The Morgan fingerprint density at radius 1 is 0.920 bits per heavy atom. The fraction of sp³-hybridized carbons (Fsp3) is 0.0526. The first-order valence-corrected chi connectivity index (χ1v) is 7.53. The van der Waals surface area contributed by atoms with E-state index in [-0.39, 0.29) is 17.9 Å². The van der Waals surface area contributed by atoms with Crippen molar-refractivity contribution >= 4 is 22.6 Å². The molecule has 0 bridgehead atoms. The Bertz CT molecular complexity index is 955. The van der Waals surface area contributed by atoms with Crippen molar-refractivity contribution < 1.29 is 19.2 Å². The molecule has 0 saturated carbocycles. The van der Waals surface area contributed by atoms with Crippen LogP contribution in [0.25, 0.3) is 10.8 Å². The molecule has 0 aliphatic carbocycles. The van der Waals surface area contributed by atoms with E-state index < -0.39 is 11.8 Å². The van der Waals surface area contributed by atoms with Gasteiger partial charge in [-0.1, -0.05) is 24.3 Å².